The smallest absolute Gasteiger partial charge is 0.235 e. The van der Waals surface area contributed by atoms with Crippen LogP contribution < -0.4 is 15.8 Å². The van der Waals surface area contributed by atoms with Crippen molar-refractivity contribution in [1.29, 1.82) is 0 Å². The van der Waals surface area contributed by atoms with Gasteiger partial charge in [-0.15, -0.1) is 0 Å². The summed E-state index contributed by atoms with van der Waals surface area (Å²) in [6.45, 7) is 1.29. The fraction of sp³-hybridized carbons (Fsp3) is 0.361. The number of Topliss-reactive ketones (excluding diaryl/α,β-unsaturated/α-hetero) is 4. The molecule has 5 N–H and O–H groups in total. The molecule has 6 atom stereocenters. The second-order valence-electron chi connectivity index (χ2n) is 12.9. The van der Waals surface area contributed by atoms with Crippen molar-refractivity contribution in [1.82, 2.24) is 10.2 Å². The highest BCUT2D eigenvalue weighted by molar-refractivity contribution is 6.32. The lowest BCUT2D eigenvalue weighted by atomic mass is 9.52. The van der Waals surface area contributed by atoms with Crippen molar-refractivity contribution in [2.45, 2.75) is 37.6 Å². The maximum Gasteiger partial charge on any atom is 0.235 e. The van der Waals surface area contributed by atoms with Crippen LogP contribution in [-0.4, -0.2) is 77.0 Å². The monoisotopic (exact) mass is 639 g/mol. The number of nitrogens with two attached hydrogens (primary N) is 1. The van der Waals surface area contributed by atoms with Crippen LogP contribution in [0.4, 0.5) is 0 Å². The molecule has 6 rings (SSSR count). The second-order valence-corrected chi connectivity index (χ2v) is 12.9. The lowest BCUT2D eigenvalue weighted by molar-refractivity contribution is -0.181. The maximum atomic E-state index is 14.0. The zero-order valence-electron chi connectivity index (χ0n) is 26.4. The number of fused-ring (bicyclic) bond motifs is 3. The van der Waals surface area contributed by atoms with Crippen LogP contribution in [0.5, 0.6) is 11.5 Å². The number of nitrogens with one attached hydrogen (secondary N) is 1. The van der Waals surface area contributed by atoms with Crippen LogP contribution in [0.1, 0.15) is 33.5 Å². The molecule has 244 valence electrons. The van der Waals surface area contributed by atoms with Crippen LogP contribution in [0.2, 0.25) is 0 Å². The third-order valence-electron chi connectivity index (χ3n) is 10.0. The average Bonchev–Trinajstić information content (AvgIpc) is 3.03. The number of rotatable bonds is 8. The molecule has 0 spiro atoms. The number of carbonyl (C=O) groups excluding carboxylic acids is 5. The van der Waals surface area contributed by atoms with Gasteiger partial charge >= 0.3 is 0 Å². The summed E-state index contributed by atoms with van der Waals surface area (Å²) >= 11 is 0. The van der Waals surface area contributed by atoms with E-state index in [-0.39, 0.29) is 24.2 Å². The molecule has 3 aliphatic carbocycles. The molecule has 0 radical (unpaired) electrons. The SMILES string of the molecule is COc1ccc(CNCc2ccc(-c3ccc(O)c4c3C[C@H]3C[C@H]5[C@H](N(C)C)C(=O)C(C(N)=O)C(=O)[C@@]5(O)C(=O)C3C4=O)cc2)cc1. The van der Waals surface area contributed by atoms with E-state index in [0.29, 0.717) is 24.2 Å². The van der Waals surface area contributed by atoms with Gasteiger partial charge < -0.3 is 26.0 Å². The molecule has 3 aromatic rings. The Kier molecular flexibility index (Phi) is 8.33. The van der Waals surface area contributed by atoms with Crippen molar-refractivity contribution in [3.8, 4) is 22.6 Å². The molecule has 3 aliphatic rings. The van der Waals surface area contributed by atoms with E-state index in [1.165, 1.54) is 11.0 Å². The summed E-state index contributed by atoms with van der Waals surface area (Å²) in [4.78, 5) is 68.5. The average molecular weight is 640 g/mol. The lowest BCUT2D eigenvalue weighted by Gasteiger charge is -2.52. The van der Waals surface area contributed by atoms with E-state index in [2.05, 4.69) is 5.32 Å². The largest absolute Gasteiger partial charge is 0.507 e. The fourth-order valence-electron chi connectivity index (χ4n) is 7.77. The molecule has 3 aromatic carbocycles. The number of carbonyl (C=O) groups is 5. The predicted molar refractivity (Wildman–Crippen MR) is 170 cm³/mol. The summed E-state index contributed by atoms with van der Waals surface area (Å²) in [6.07, 6.45) is 0.193. The summed E-state index contributed by atoms with van der Waals surface area (Å²) in [5, 5.41) is 26.0. The molecule has 2 saturated carbocycles. The van der Waals surface area contributed by atoms with Gasteiger partial charge in [0, 0.05) is 19.0 Å². The normalized spacial score (nSPS) is 26.9. The first-order valence-corrected chi connectivity index (χ1v) is 15.5. The molecule has 2 fully saturated rings. The highest BCUT2D eigenvalue weighted by atomic mass is 16.5. The number of ether oxygens (including phenoxy) is 1. The Labute approximate surface area is 271 Å². The Balaban J connectivity index is 1.28. The number of likely N-dealkylation sites (N-methyl/N-ethyl adjacent to an activating group) is 1. The number of methoxy groups -OCH3 is 1. The summed E-state index contributed by atoms with van der Waals surface area (Å²) in [5.41, 5.74) is 6.85. The van der Waals surface area contributed by atoms with Gasteiger partial charge in [0.05, 0.1) is 24.6 Å². The third-order valence-corrected chi connectivity index (χ3v) is 10.0. The van der Waals surface area contributed by atoms with Crippen LogP contribution in [-0.2, 0) is 38.7 Å². The standard InChI is InChI=1S/C36H37N3O8/c1-39(2)30-25-15-21-14-24-23(20-8-4-18(5-9-20)16-38-17-19-6-10-22(47-3)11-7-19)12-13-26(40)28(24)31(41)27(21)33(43)36(25,46)34(44)29(32(30)42)35(37)45/h4-13,21,25,27,29-30,38,40,46H,14-17H2,1-3H3,(H2,37,45)/t21-,25-,27?,29?,30-,36-/m0/s1. The molecule has 0 aromatic heterocycles. The van der Waals surface area contributed by atoms with Gasteiger partial charge in [0.15, 0.2) is 34.7 Å². The first-order valence-electron chi connectivity index (χ1n) is 15.5. The molecule has 47 heavy (non-hydrogen) atoms. The molecule has 0 bridgehead atoms. The quantitative estimate of drug-likeness (QED) is 0.266. The maximum absolute atomic E-state index is 14.0. The van der Waals surface area contributed by atoms with Crippen LogP contribution >= 0.6 is 0 Å². The molecule has 2 unspecified atom stereocenters. The Morgan fingerprint density at radius 3 is 2.15 bits per heavy atom. The van der Waals surface area contributed by atoms with Crippen LogP contribution in [0, 0.1) is 23.7 Å². The summed E-state index contributed by atoms with van der Waals surface area (Å²) in [6, 6.07) is 17.6. The molecule has 1 amide bonds. The number of ketones is 4. The molecular weight excluding hydrogens is 602 g/mol. The number of aliphatic hydroxyl groups is 1. The predicted octanol–water partition coefficient (Wildman–Crippen LogP) is 1.83. The molecule has 0 heterocycles. The number of hydrogen-bond donors (Lipinski definition) is 4. The van der Waals surface area contributed by atoms with E-state index in [1.54, 1.807) is 27.3 Å². The Hall–Kier alpha value is -4.71. The van der Waals surface area contributed by atoms with Crippen molar-refractivity contribution < 1.29 is 38.9 Å². The Morgan fingerprint density at radius 2 is 1.57 bits per heavy atom. The number of phenolic OH excluding ortho intramolecular Hbond substituents is 1. The van der Waals surface area contributed by atoms with Crippen LogP contribution in [0.3, 0.4) is 0 Å². The highest BCUT2D eigenvalue weighted by Crippen LogP contribution is 2.51. The van der Waals surface area contributed by atoms with Crippen molar-refractivity contribution in [2.24, 2.45) is 29.4 Å². The fourth-order valence-corrected chi connectivity index (χ4v) is 7.77. The zero-order valence-corrected chi connectivity index (χ0v) is 26.4. The first kappa shape index (κ1) is 32.2. The Morgan fingerprint density at radius 1 is 0.957 bits per heavy atom. The number of benzene rings is 3. The molecule has 0 aliphatic heterocycles. The Bertz CT molecular complexity index is 1780. The van der Waals surface area contributed by atoms with Gasteiger partial charge in [0.2, 0.25) is 5.91 Å². The van der Waals surface area contributed by atoms with Gasteiger partial charge in [-0.1, -0.05) is 42.5 Å². The molecular formula is C36H37N3O8. The number of primary amides is 1. The summed E-state index contributed by atoms with van der Waals surface area (Å²) < 4.78 is 5.21. The van der Waals surface area contributed by atoms with Gasteiger partial charge in [-0.2, -0.15) is 0 Å². The van der Waals surface area contributed by atoms with Gasteiger partial charge in [-0.05, 0) is 78.9 Å². The van der Waals surface area contributed by atoms with Crippen molar-refractivity contribution in [3.63, 3.8) is 0 Å². The van der Waals surface area contributed by atoms with Crippen molar-refractivity contribution in [3.05, 3.63) is 82.9 Å². The molecule has 11 heteroatoms. The second kappa shape index (κ2) is 12.1. The van der Waals surface area contributed by atoms with Gasteiger partial charge in [0.25, 0.3) is 0 Å². The van der Waals surface area contributed by atoms with E-state index in [1.807, 2.05) is 48.5 Å². The van der Waals surface area contributed by atoms with E-state index < -0.39 is 64.4 Å². The van der Waals surface area contributed by atoms with Gasteiger partial charge in [0.1, 0.15) is 11.5 Å². The lowest BCUT2D eigenvalue weighted by Crippen LogP contribution is -2.74. The number of aromatic hydroxyl groups is 1. The van der Waals surface area contributed by atoms with E-state index in [4.69, 9.17) is 10.5 Å². The van der Waals surface area contributed by atoms with Crippen LogP contribution in [0.25, 0.3) is 11.1 Å². The number of phenols is 1. The summed E-state index contributed by atoms with van der Waals surface area (Å²) in [7, 11) is 4.74. The minimum atomic E-state index is -2.75. The minimum absolute atomic E-state index is 0.00219. The van der Waals surface area contributed by atoms with Crippen LogP contribution in [0.15, 0.2) is 60.7 Å². The molecule has 11 nitrogen and oxygen atoms in total. The van der Waals surface area contributed by atoms with Crippen molar-refractivity contribution in [2.75, 3.05) is 21.2 Å². The van der Waals surface area contributed by atoms with Gasteiger partial charge in [-0.3, -0.25) is 28.9 Å². The summed E-state index contributed by atoms with van der Waals surface area (Å²) in [5.74, 6) is -9.84. The van der Waals surface area contributed by atoms with E-state index in [0.717, 1.165) is 22.4 Å². The van der Waals surface area contributed by atoms with E-state index in [9.17, 15) is 34.2 Å². The number of hydrogen-bond acceptors (Lipinski definition) is 10. The zero-order chi connectivity index (χ0) is 33.8. The number of nitrogens with zero attached hydrogens (tertiary/aromatic N) is 1. The highest BCUT2D eigenvalue weighted by Gasteiger charge is 2.69. The third kappa shape index (κ3) is 5.24. The van der Waals surface area contributed by atoms with Gasteiger partial charge in [-0.25, -0.2) is 0 Å². The van der Waals surface area contributed by atoms with Crippen molar-refractivity contribution >= 4 is 29.0 Å². The minimum Gasteiger partial charge on any atom is -0.507 e. The first-order chi connectivity index (χ1) is 22.4. The van der Waals surface area contributed by atoms with E-state index >= 15 is 0 Å². The topological polar surface area (TPSA) is 176 Å². The molecule has 0 saturated heterocycles. The number of amides is 1.